The van der Waals surface area contributed by atoms with Crippen LogP contribution in [0.3, 0.4) is 0 Å². The second kappa shape index (κ2) is 1.72. The maximum Gasteiger partial charge on any atom is 0.235 e. The van der Waals surface area contributed by atoms with E-state index in [1.165, 1.54) is 0 Å². The first-order valence-electron chi connectivity index (χ1n) is 2.60. The van der Waals surface area contributed by atoms with Crippen LogP contribution in [0.1, 0.15) is 19.8 Å². The van der Waals surface area contributed by atoms with Crippen molar-refractivity contribution in [1.29, 1.82) is 0 Å². The van der Waals surface area contributed by atoms with Crippen molar-refractivity contribution >= 4 is 22.1 Å². The third kappa shape index (κ3) is 0.869. The van der Waals surface area contributed by atoms with Gasteiger partial charge in [-0.25, -0.2) is 0 Å². The normalized spacial score (nSPS) is 22.2. The first-order valence-corrected chi connectivity index (χ1v) is 3.39. The molecule has 0 aliphatic heterocycles. The largest absolute Gasteiger partial charge is 0.292 e. The van der Waals surface area contributed by atoms with Gasteiger partial charge in [-0.2, -0.15) is 0 Å². The van der Waals surface area contributed by atoms with Crippen molar-refractivity contribution in [1.82, 2.24) is 4.34 Å². The molecular weight excluding hydrogens is 170 g/mol. The Kier molecular flexibility index (Phi) is 1.31. The van der Waals surface area contributed by atoms with Gasteiger partial charge in [-0.05, 0) is 12.8 Å². The number of halogens is 1. The molecule has 0 aromatic rings. The molecule has 0 heterocycles. The maximum absolute atomic E-state index is 10.7. The van der Waals surface area contributed by atoms with Gasteiger partial charge in [0.15, 0.2) is 0 Å². The molecule has 0 bridgehead atoms. The Morgan fingerprint density at radius 1 is 1.75 bits per heavy atom. The summed E-state index contributed by atoms with van der Waals surface area (Å²) in [5, 5.41) is 0. The van der Waals surface area contributed by atoms with Crippen molar-refractivity contribution in [2.45, 2.75) is 19.8 Å². The van der Waals surface area contributed by atoms with Crippen LogP contribution in [0.15, 0.2) is 0 Å². The van der Waals surface area contributed by atoms with Gasteiger partial charge in [-0.1, -0.05) is 6.92 Å². The minimum absolute atomic E-state index is 0.0382. The molecule has 0 atom stereocenters. The van der Waals surface area contributed by atoms with Gasteiger partial charge in [0, 0.05) is 21.6 Å². The average Bonchev–Trinajstić information content (AvgIpc) is 2.47. The average molecular weight is 178 g/mol. The number of hydrogen-bond donors (Lipinski definition) is 1. The highest BCUT2D eigenvalue weighted by Gasteiger charge is 2.44. The van der Waals surface area contributed by atoms with Crippen LogP contribution in [0, 0.1) is 5.41 Å². The second-order valence-electron chi connectivity index (χ2n) is 2.48. The molecule has 2 nitrogen and oxygen atoms in total. The van der Waals surface area contributed by atoms with Crippen LogP contribution in [-0.4, -0.2) is 5.91 Å². The summed E-state index contributed by atoms with van der Waals surface area (Å²) >= 11 is 2.89. The number of carbonyl (C=O) groups is 1. The highest BCUT2D eigenvalue weighted by Crippen LogP contribution is 2.45. The second-order valence-corrected chi connectivity index (χ2v) is 2.88. The number of carbonyl (C=O) groups excluding carboxylic acids is 1. The lowest BCUT2D eigenvalue weighted by molar-refractivity contribution is -0.123. The summed E-state index contributed by atoms with van der Waals surface area (Å²) < 4.78 is 2.44. The van der Waals surface area contributed by atoms with Crippen LogP contribution in [0.4, 0.5) is 0 Å². The Morgan fingerprint density at radius 3 is 2.38 bits per heavy atom. The molecule has 1 aliphatic carbocycles. The lowest BCUT2D eigenvalue weighted by Crippen LogP contribution is -2.21. The van der Waals surface area contributed by atoms with E-state index < -0.39 is 0 Å². The smallest absolute Gasteiger partial charge is 0.235 e. The lowest BCUT2D eigenvalue weighted by Gasteiger charge is -2.01. The van der Waals surface area contributed by atoms with Crippen LogP contribution in [0.5, 0.6) is 0 Å². The van der Waals surface area contributed by atoms with Gasteiger partial charge >= 0.3 is 0 Å². The van der Waals surface area contributed by atoms with E-state index >= 15 is 0 Å². The molecule has 1 fully saturated rings. The quantitative estimate of drug-likeness (QED) is 0.600. The van der Waals surface area contributed by atoms with E-state index in [2.05, 4.69) is 20.5 Å². The third-order valence-electron chi connectivity index (χ3n) is 1.63. The van der Waals surface area contributed by atoms with Gasteiger partial charge in [0.1, 0.15) is 0 Å². The van der Waals surface area contributed by atoms with Crippen LogP contribution < -0.4 is 4.34 Å². The standard InChI is InChI=1S/C5H8BrNO/c1-5(2-3-5)4(8)7-6/h2-3H2,1H3,(H,7,8). The Bertz CT molecular complexity index is 120. The first-order chi connectivity index (χ1) is 3.69. The Hall–Kier alpha value is -0.0500. The first kappa shape index (κ1) is 6.08. The molecule has 1 saturated carbocycles. The molecule has 1 aliphatic rings. The van der Waals surface area contributed by atoms with E-state index in [0.717, 1.165) is 12.8 Å². The van der Waals surface area contributed by atoms with Crippen LogP contribution >= 0.6 is 16.1 Å². The molecule has 0 unspecified atom stereocenters. The highest BCUT2D eigenvalue weighted by molar-refractivity contribution is 9.08. The fourth-order valence-corrected chi connectivity index (χ4v) is 1.01. The molecule has 1 amide bonds. The van der Waals surface area contributed by atoms with Gasteiger partial charge in [0.2, 0.25) is 5.91 Å². The molecule has 0 spiro atoms. The molecular formula is C5H8BrNO. The van der Waals surface area contributed by atoms with Crippen molar-refractivity contribution < 1.29 is 4.79 Å². The monoisotopic (exact) mass is 177 g/mol. The molecule has 46 valence electrons. The van der Waals surface area contributed by atoms with Crippen LogP contribution in [0.2, 0.25) is 0 Å². The zero-order valence-corrected chi connectivity index (χ0v) is 6.29. The topological polar surface area (TPSA) is 29.1 Å². The van der Waals surface area contributed by atoms with Gasteiger partial charge in [-0.3, -0.25) is 9.14 Å². The highest BCUT2D eigenvalue weighted by atomic mass is 79.9. The van der Waals surface area contributed by atoms with Crippen molar-refractivity contribution in [3.63, 3.8) is 0 Å². The van der Waals surface area contributed by atoms with E-state index in [1.54, 1.807) is 0 Å². The number of hydrogen-bond acceptors (Lipinski definition) is 1. The van der Waals surface area contributed by atoms with Gasteiger partial charge < -0.3 is 0 Å². The molecule has 0 saturated heterocycles. The maximum atomic E-state index is 10.7. The summed E-state index contributed by atoms with van der Waals surface area (Å²) in [6.45, 7) is 1.96. The number of amides is 1. The van der Waals surface area contributed by atoms with E-state index in [9.17, 15) is 4.79 Å². The third-order valence-corrected chi connectivity index (χ3v) is 1.99. The molecule has 0 aromatic heterocycles. The summed E-state index contributed by atoms with van der Waals surface area (Å²) in [4.78, 5) is 10.7. The van der Waals surface area contributed by atoms with Crippen molar-refractivity contribution in [3.8, 4) is 0 Å². The van der Waals surface area contributed by atoms with Crippen molar-refractivity contribution in [3.05, 3.63) is 0 Å². The van der Waals surface area contributed by atoms with E-state index in [4.69, 9.17) is 0 Å². The van der Waals surface area contributed by atoms with Gasteiger partial charge in [-0.15, -0.1) is 0 Å². The molecule has 3 heteroatoms. The summed E-state index contributed by atoms with van der Waals surface area (Å²) in [5.74, 6) is 0.109. The summed E-state index contributed by atoms with van der Waals surface area (Å²) in [6.07, 6.45) is 2.06. The summed E-state index contributed by atoms with van der Waals surface area (Å²) in [7, 11) is 0. The SMILES string of the molecule is CC1(C(=O)NBr)CC1. The number of nitrogens with one attached hydrogen (secondary N) is 1. The van der Waals surface area contributed by atoms with Crippen LogP contribution in [-0.2, 0) is 4.79 Å². The summed E-state index contributed by atoms with van der Waals surface area (Å²) in [5.41, 5.74) is -0.0382. The minimum atomic E-state index is -0.0382. The molecule has 0 aromatic carbocycles. The number of rotatable bonds is 1. The predicted molar refractivity (Wildman–Crippen MR) is 34.4 cm³/mol. The van der Waals surface area contributed by atoms with Gasteiger partial charge in [0.05, 0.1) is 0 Å². The van der Waals surface area contributed by atoms with Crippen molar-refractivity contribution in [2.75, 3.05) is 0 Å². The minimum Gasteiger partial charge on any atom is -0.292 e. The zero-order valence-electron chi connectivity index (χ0n) is 4.70. The predicted octanol–water partition coefficient (Wildman–Crippen LogP) is 1.21. The van der Waals surface area contributed by atoms with Crippen molar-refractivity contribution in [2.24, 2.45) is 5.41 Å². The molecule has 8 heavy (non-hydrogen) atoms. The Balaban J connectivity index is 2.46. The fourth-order valence-electron chi connectivity index (χ4n) is 0.529. The van der Waals surface area contributed by atoms with Crippen LogP contribution in [0.25, 0.3) is 0 Å². The van der Waals surface area contributed by atoms with E-state index in [0.29, 0.717) is 0 Å². The Morgan fingerprint density at radius 2 is 2.25 bits per heavy atom. The lowest BCUT2D eigenvalue weighted by atomic mass is 10.1. The fraction of sp³-hybridized carbons (Fsp3) is 0.800. The molecule has 1 rings (SSSR count). The zero-order chi connectivity index (χ0) is 6.20. The van der Waals surface area contributed by atoms with E-state index in [1.807, 2.05) is 6.92 Å². The van der Waals surface area contributed by atoms with Gasteiger partial charge in [0.25, 0.3) is 0 Å². The Labute approximate surface area is 57.0 Å². The van der Waals surface area contributed by atoms with E-state index in [-0.39, 0.29) is 11.3 Å². The molecule has 1 N–H and O–H groups in total. The summed E-state index contributed by atoms with van der Waals surface area (Å²) in [6, 6.07) is 0. The molecule has 0 radical (unpaired) electrons.